The van der Waals surface area contributed by atoms with Gasteiger partial charge in [-0.25, -0.2) is 0 Å². The first-order valence-corrected chi connectivity index (χ1v) is 5.96. The number of rotatable bonds is 1. The number of aryl methyl sites for hydroxylation is 1. The van der Waals surface area contributed by atoms with E-state index in [9.17, 15) is 0 Å². The highest BCUT2D eigenvalue weighted by Gasteiger charge is 2.09. The summed E-state index contributed by atoms with van der Waals surface area (Å²) in [6.45, 7) is 2.10. The molecule has 88 valence electrons. The van der Waals surface area contributed by atoms with Crippen molar-refractivity contribution in [3.63, 3.8) is 0 Å². The Kier molecular flexibility index (Phi) is 2.49. The Morgan fingerprint density at radius 3 is 2.61 bits per heavy atom. The van der Waals surface area contributed by atoms with Gasteiger partial charge in [0.2, 0.25) is 0 Å². The summed E-state index contributed by atoms with van der Waals surface area (Å²) >= 11 is 0. The Morgan fingerprint density at radius 2 is 1.78 bits per heavy atom. The lowest BCUT2D eigenvalue weighted by atomic mass is 9.95. The van der Waals surface area contributed by atoms with E-state index in [1.807, 2.05) is 30.3 Å². The zero-order valence-corrected chi connectivity index (χ0v) is 10.2. The van der Waals surface area contributed by atoms with Gasteiger partial charge in [0.1, 0.15) is 0 Å². The molecular weight excluding hydrogens is 220 g/mol. The Bertz CT molecular complexity index is 717. The zero-order chi connectivity index (χ0) is 12.5. The molecule has 1 aromatic heterocycles. The number of benzene rings is 2. The van der Waals surface area contributed by atoms with E-state index < -0.39 is 0 Å². The average Bonchev–Trinajstić information content (AvgIpc) is 2.40. The fourth-order valence-electron chi connectivity index (χ4n) is 2.32. The van der Waals surface area contributed by atoms with Crippen LogP contribution in [0.2, 0.25) is 0 Å². The highest BCUT2D eigenvalue weighted by molar-refractivity contribution is 6.01. The molecule has 0 radical (unpaired) electrons. The van der Waals surface area contributed by atoms with E-state index in [0.29, 0.717) is 0 Å². The first-order chi connectivity index (χ1) is 8.77. The van der Waals surface area contributed by atoms with Crippen molar-refractivity contribution in [2.24, 2.45) is 0 Å². The lowest BCUT2D eigenvalue weighted by Gasteiger charge is -2.12. The summed E-state index contributed by atoms with van der Waals surface area (Å²) in [4.78, 5) is 4.38. The zero-order valence-electron chi connectivity index (χ0n) is 10.2. The van der Waals surface area contributed by atoms with Crippen molar-refractivity contribution in [1.29, 1.82) is 0 Å². The van der Waals surface area contributed by atoms with Crippen LogP contribution in [0.5, 0.6) is 0 Å². The molecule has 0 atom stereocenters. The number of hydrogen-bond acceptors (Lipinski definition) is 2. The van der Waals surface area contributed by atoms with Gasteiger partial charge in [-0.05, 0) is 36.2 Å². The van der Waals surface area contributed by atoms with Crippen molar-refractivity contribution in [2.75, 3.05) is 5.73 Å². The fraction of sp³-hybridized carbons (Fsp3) is 0.0625. The number of aromatic nitrogens is 1. The van der Waals surface area contributed by atoms with Crippen molar-refractivity contribution >= 4 is 16.6 Å². The average molecular weight is 234 g/mol. The molecule has 3 rings (SSSR count). The standard InChI is InChI=1S/C16H14N2/c1-11-5-2-3-6-12(11)16-13-7-4-10-18-15(13)9-8-14(16)17/h2-10H,17H2,1H3. The molecule has 1 heterocycles. The molecule has 0 aliphatic heterocycles. The van der Waals surface area contributed by atoms with Crippen LogP contribution in [0.1, 0.15) is 5.56 Å². The van der Waals surface area contributed by atoms with Gasteiger partial charge in [0, 0.05) is 22.8 Å². The van der Waals surface area contributed by atoms with Gasteiger partial charge < -0.3 is 5.73 Å². The first-order valence-electron chi connectivity index (χ1n) is 5.96. The number of nitrogens with two attached hydrogens (primary N) is 1. The summed E-state index contributed by atoms with van der Waals surface area (Å²) in [5, 5.41) is 1.10. The third-order valence-electron chi connectivity index (χ3n) is 3.23. The SMILES string of the molecule is Cc1ccccc1-c1c(N)ccc2ncccc12. The highest BCUT2D eigenvalue weighted by Crippen LogP contribution is 2.34. The summed E-state index contributed by atoms with van der Waals surface area (Å²) in [5.74, 6) is 0. The molecule has 2 aromatic carbocycles. The minimum Gasteiger partial charge on any atom is -0.398 e. The maximum Gasteiger partial charge on any atom is 0.0709 e. The largest absolute Gasteiger partial charge is 0.398 e. The summed E-state index contributed by atoms with van der Waals surface area (Å²) in [6, 6.07) is 16.2. The van der Waals surface area contributed by atoms with E-state index in [-0.39, 0.29) is 0 Å². The molecule has 0 spiro atoms. The van der Waals surface area contributed by atoms with Crippen LogP contribution in [0.15, 0.2) is 54.7 Å². The number of pyridine rings is 1. The summed E-state index contributed by atoms with van der Waals surface area (Å²) in [6.07, 6.45) is 1.81. The molecule has 0 unspecified atom stereocenters. The van der Waals surface area contributed by atoms with Gasteiger partial charge in [-0.2, -0.15) is 0 Å². The predicted molar refractivity (Wildman–Crippen MR) is 76.3 cm³/mol. The monoisotopic (exact) mass is 234 g/mol. The molecule has 2 heteroatoms. The van der Waals surface area contributed by atoms with Crippen molar-refractivity contribution in [2.45, 2.75) is 6.92 Å². The molecule has 2 N–H and O–H groups in total. The molecule has 0 bridgehead atoms. The minimum atomic E-state index is 0.796. The van der Waals surface area contributed by atoms with Crippen LogP contribution in [-0.4, -0.2) is 4.98 Å². The van der Waals surface area contributed by atoms with Gasteiger partial charge in [0.25, 0.3) is 0 Å². The van der Waals surface area contributed by atoms with Crippen LogP contribution in [0, 0.1) is 6.92 Å². The second-order valence-corrected chi connectivity index (χ2v) is 4.41. The second-order valence-electron chi connectivity index (χ2n) is 4.41. The molecule has 0 aliphatic carbocycles. The van der Waals surface area contributed by atoms with Crippen molar-refractivity contribution in [3.05, 3.63) is 60.3 Å². The molecule has 0 saturated heterocycles. The molecule has 3 aromatic rings. The smallest absolute Gasteiger partial charge is 0.0709 e. The van der Waals surface area contributed by atoms with Gasteiger partial charge in [-0.15, -0.1) is 0 Å². The van der Waals surface area contributed by atoms with Crippen LogP contribution in [0.25, 0.3) is 22.0 Å². The second kappa shape index (κ2) is 4.15. The summed E-state index contributed by atoms with van der Waals surface area (Å²) in [5.41, 5.74) is 11.4. The number of anilines is 1. The molecule has 0 aliphatic rings. The third-order valence-corrected chi connectivity index (χ3v) is 3.23. The molecule has 18 heavy (non-hydrogen) atoms. The number of nitrogen functional groups attached to an aromatic ring is 1. The van der Waals surface area contributed by atoms with Crippen molar-refractivity contribution < 1.29 is 0 Å². The maximum atomic E-state index is 6.16. The Morgan fingerprint density at radius 1 is 0.944 bits per heavy atom. The van der Waals surface area contributed by atoms with Crippen LogP contribution in [0.4, 0.5) is 5.69 Å². The number of hydrogen-bond donors (Lipinski definition) is 1. The first kappa shape index (κ1) is 10.8. The molecule has 0 saturated carbocycles. The number of fused-ring (bicyclic) bond motifs is 1. The van der Waals surface area contributed by atoms with Gasteiger partial charge >= 0.3 is 0 Å². The van der Waals surface area contributed by atoms with E-state index in [1.165, 1.54) is 11.1 Å². The van der Waals surface area contributed by atoms with E-state index in [4.69, 9.17) is 5.73 Å². The maximum absolute atomic E-state index is 6.16. The predicted octanol–water partition coefficient (Wildman–Crippen LogP) is 3.79. The minimum absolute atomic E-state index is 0.796. The number of nitrogens with zero attached hydrogens (tertiary/aromatic N) is 1. The van der Waals surface area contributed by atoms with E-state index >= 15 is 0 Å². The lowest BCUT2D eigenvalue weighted by molar-refractivity contribution is 1.41. The van der Waals surface area contributed by atoms with Crippen LogP contribution < -0.4 is 5.73 Å². The third kappa shape index (κ3) is 1.63. The normalized spacial score (nSPS) is 10.7. The lowest BCUT2D eigenvalue weighted by Crippen LogP contribution is -1.94. The molecule has 2 nitrogen and oxygen atoms in total. The molecule has 0 fully saturated rings. The van der Waals surface area contributed by atoms with E-state index in [1.54, 1.807) is 6.20 Å². The van der Waals surface area contributed by atoms with Crippen LogP contribution in [-0.2, 0) is 0 Å². The van der Waals surface area contributed by atoms with Crippen LogP contribution >= 0.6 is 0 Å². The summed E-state index contributed by atoms with van der Waals surface area (Å²) in [7, 11) is 0. The Hall–Kier alpha value is -2.35. The topological polar surface area (TPSA) is 38.9 Å². The molecular formula is C16H14N2. The molecule has 0 amide bonds. The van der Waals surface area contributed by atoms with Gasteiger partial charge in [-0.1, -0.05) is 30.3 Å². The highest BCUT2D eigenvalue weighted by atomic mass is 14.7. The Labute approximate surface area is 106 Å². The summed E-state index contributed by atoms with van der Waals surface area (Å²) < 4.78 is 0. The Balaban J connectivity index is 2.42. The fourth-order valence-corrected chi connectivity index (χ4v) is 2.32. The quantitative estimate of drug-likeness (QED) is 0.650. The van der Waals surface area contributed by atoms with E-state index in [2.05, 4.69) is 30.1 Å². The van der Waals surface area contributed by atoms with Crippen molar-refractivity contribution in [3.8, 4) is 11.1 Å². The van der Waals surface area contributed by atoms with Crippen molar-refractivity contribution in [1.82, 2.24) is 4.98 Å². The van der Waals surface area contributed by atoms with Gasteiger partial charge in [-0.3, -0.25) is 4.98 Å². The van der Waals surface area contributed by atoms with Gasteiger partial charge in [0.05, 0.1) is 5.52 Å². The van der Waals surface area contributed by atoms with E-state index in [0.717, 1.165) is 22.2 Å². The van der Waals surface area contributed by atoms with Crippen LogP contribution in [0.3, 0.4) is 0 Å². The van der Waals surface area contributed by atoms with Gasteiger partial charge in [0.15, 0.2) is 0 Å².